The van der Waals surface area contributed by atoms with Crippen molar-refractivity contribution in [1.82, 2.24) is 4.90 Å². The zero-order valence-corrected chi connectivity index (χ0v) is 20.5. The maximum Gasteiger partial charge on any atom is 0.295 e. The fourth-order valence-corrected chi connectivity index (χ4v) is 4.25. The van der Waals surface area contributed by atoms with Crippen LogP contribution in [0.15, 0.2) is 84.4 Å². The average molecular weight is 490 g/mol. The summed E-state index contributed by atoms with van der Waals surface area (Å²) in [6, 6.07) is 22.6. The van der Waals surface area contributed by atoms with Crippen molar-refractivity contribution >= 4 is 29.1 Å². The zero-order chi connectivity index (χ0) is 24.9. The number of nitrogens with zero attached hydrogens (tertiary/aromatic N) is 1. The van der Waals surface area contributed by atoms with Crippen molar-refractivity contribution in [2.75, 3.05) is 6.61 Å². The Labute approximate surface area is 210 Å². The van der Waals surface area contributed by atoms with Gasteiger partial charge in [-0.2, -0.15) is 0 Å². The number of benzene rings is 3. The lowest BCUT2D eigenvalue weighted by atomic mass is 9.95. The van der Waals surface area contributed by atoms with Crippen LogP contribution in [0, 0.1) is 5.92 Å². The summed E-state index contributed by atoms with van der Waals surface area (Å²) in [5, 5.41) is 11.7. The third kappa shape index (κ3) is 5.57. The number of Topliss-reactive ketones (excluding diaryl/α,β-unsaturated/α-hetero) is 1. The number of aliphatic hydroxyl groups excluding tert-OH is 1. The molecular weight excluding hydrogens is 462 g/mol. The van der Waals surface area contributed by atoms with Crippen molar-refractivity contribution in [3.05, 3.63) is 106 Å². The van der Waals surface area contributed by atoms with Crippen LogP contribution in [0.2, 0.25) is 5.02 Å². The average Bonchev–Trinajstić information content (AvgIpc) is 3.09. The Kier molecular flexibility index (Phi) is 7.57. The van der Waals surface area contributed by atoms with E-state index in [4.69, 9.17) is 16.3 Å². The fourth-order valence-electron chi connectivity index (χ4n) is 4.12. The maximum absolute atomic E-state index is 13.2. The molecule has 35 heavy (non-hydrogen) atoms. The smallest absolute Gasteiger partial charge is 0.295 e. The second kappa shape index (κ2) is 10.8. The quantitative estimate of drug-likeness (QED) is 0.226. The molecule has 180 valence electrons. The van der Waals surface area contributed by atoms with E-state index in [1.165, 1.54) is 4.90 Å². The molecule has 1 aliphatic heterocycles. The number of carbonyl (C=O) groups excluding carboxylic acids is 2. The number of rotatable bonds is 8. The number of halogens is 1. The van der Waals surface area contributed by atoms with E-state index in [9.17, 15) is 14.7 Å². The van der Waals surface area contributed by atoms with E-state index in [0.29, 0.717) is 34.4 Å². The molecule has 5 nitrogen and oxygen atoms in total. The second-order valence-corrected chi connectivity index (χ2v) is 9.46. The number of aliphatic hydroxyl groups is 1. The van der Waals surface area contributed by atoms with E-state index in [-0.39, 0.29) is 17.9 Å². The standard InChI is InChI=1S/C29H28ClNO4/c1-19(2)15-16-35-24-10-6-9-22(17-24)26-25(27(32)21-11-13-23(30)14-12-21)28(33)29(34)31(26)18-20-7-4-3-5-8-20/h3-14,17,19,26,32H,15-16,18H2,1-2H3/b27-25+. The predicted molar refractivity (Wildman–Crippen MR) is 137 cm³/mol. The van der Waals surface area contributed by atoms with E-state index in [1.807, 2.05) is 54.6 Å². The fraction of sp³-hybridized carbons (Fsp3) is 0.241. The summed E-state index contributed by atoms with van der Waals surface area (Å²) in [7, 11) is 0. The Morgan fingerprint density at radius 2 is 1.71 bits per heavy atom. The van der Waals surface area contributed by atoms with Gasteiger partial charge in [-0.15, -0.1) is 0 Å². The molecular formula is C29H28ClNO4. The number of likely N-dealkylation sites (tertiary alicyclic amines) is 1. The first-order chi connectivity index (χ1) is 16.8. The molecule has 1 aliphatic rings. The van der Waals surface area contributed by atoms with Gasteiger partial charge in [-0.25, -0.2) is 0 Å². The first-order valence-electron chi connectivity index (χ1n) is 11.7. The van der Waals surface area contributed by atoms with Crippen LogP contribution in [0.25, 0.3) is 5.76 Å². The molecule has 1 fully saturated rings. The lowest BCUT2D eigenvalue weighted by Gasteiger charge is -2.26. The summed E-state index contributed by atoms with van der Waals surface area (Å²) in [5.41, 5.74) is 2.04. The van der Waals surface area contributed by atoms with Gasteiger partial charge < -0.3 is 14.7 Å². The summed E-state index contributed by atoms with van der Waals surface area (Å²) in [5.74, 6) is -0.438. The highest BCUT2D eigenvalue weighted by Gasteiger charge is 2.46. The Balaban J connectivity index is 1.78. The van der Waals surface area contributed by atoms with Crippen molar-refractivity contribution < 1.29 is 19.4 Å². The summed E-state index contributed by atoms with van der Waals surface area (Å²) < 4.78 is 5.94. The van der Waals surface area contributed by atoms with Crippen LogP contribution in [0.1, 0.15) is 43.0 Å². The van der Waals surface area contributed by atoms with Crippen LogP contribution in [-0.4, -0.2) is 28.3 Å². The third-order valence-electron chi connectivity index (χ3n) is 5.99. The normalized spacial score (nSPS) is 17.3. The summed E-state index contributed by atoms with van der Waals surface area (Å²) in [4.78, 5) is 27.9. The van der Waals surface area contributed by atoms with Crippen molar-refractivity contribution in [2.24, 2.45) is 5.92 Å². The van der Waals surface area contributed by atoms with Crippen LogP contribution < -0.4 is 4.74 Å². The van der Waals surface area contributed by atoms with Gasteiger partial charge in [-0.3, -0.25) is 9.59 Å². The van der Waals surface area contributed by atoms with Gasteiger partial charge >= 0.3 is 0 Å². The number of ketones is 1. The lowest BCUT2D eigenvalue weighted by molar-refractivity contribution is -0.140. The van der Waals surface area contributed by atoms with Crippen molar-refractivity contribution in [1.29, 1.82) is 0 Å². The highest BCUT2D eigenvalue weighted by atomic mass is 35.5. The van der Waals surface area contributed by atoms with Gasteiger partial charge in [0.15, 0.2) is 0 Å². The van der Waals surface area contributed by atoms with Gasteiger partial charge in [-0.05, 0) is 59.9 Å². The Morgan fingerprint density at radius 3 is 2.40 bits per heavy atom. The zero-order valence-electron chi connectivity index (χ0n) is 19.8. The molecule has 6 heteroatoms. The van der Waals surface area contributed by atoms with Crippen molar-refractivity contribution in [3.8, 4) is 5.75 Å². The number of ether oxygens (including phenoxy) is 1. The van der Waals surface area contributed by atoms with Crippen LogP contribution in [0.5, 0.6) is 5.75 Å². The Bertz CT molecular complexity index is 1240. The molecule has 1 N–H and O–H groups in total. The monoisotopic (exact) mass is 489 g/mol. The first-order valence-corrected chi connectivity index (χ1v) is 12.0. The second-order valence-electron chi connectivity index (χ2n) is 9.02. The number of amides is 1. The minimum atomic E-state index is -0.764. The molecule has 0 aliphatic carbocycles. The highest BCUT2D eigenvalue weighted by Crippen LogP contribution is 2.41. The molecule has 3 aromatic rings. The van der Waals surface area contributed by atoms with Gasteiger partial charge in [-0.1, -0.05) is 67.9 Å². The summed E-state index contributed by atoms with van der Waals surface area (Å²) >= 11 is 6.00. The number of hydrogen-bond donors (Lipinski definition) is 1. The van der Waals surface area contributed by atoms with Crippen molar-refractivity contribution in [2.45, 2.75) is 32.9 Å². The topological polar surface area (TPSA) is 66.8 Å². The van der Waals surface area contributed by atoms with Gasteiger partial charge in [0.05, 0.1) is 18.2 Å². The number of carbonyl (C=O) groups is 2. The summed E-state index contributed by atoms with van der Waals surface area (Å²) in [6.45, 7) is 5.06. The Morgan fingerprint density at radius 1 is 1.00 bits per heavy atom. The molecule has 0 aromatic heterocycles. The molecule has 1 atom stereocenters. The minimum Gasteiger partial charge on any atom is -0.507 e. The van der Waals surface area contributed by atoms with Gasteiger partial charge in [0.1, 0.15) is 11.5 Å². The molecule has 0 saturated carbocycles. The largest absolute Gasteiger partial charge is 0.507 e. The van der Waals surface area contributed by atoms with E-state index in [1.54, 1.807) is 24.3 Å². The molecule has 1 heterocycles. The van der Waals surface area contributed by atoms with Crippen LogP contribution in [-0.2, 0) is 16.1 Å². The van der Waals surface area contributed by atoms with Gasteiger partial charge in [0, 0.05) is 17.1 Å². The van der Waals surface area contributed by atoms with E-state index >= 15 is 0 Å². The first kappa shape index (κ1) is 24.6. The SMILES string of the molecule is CC(C)CCOc1cccc(C2/C(=C(\O)c3ccc(Cl)cc3)C(=O)C(=O)N2Cc2ccccc2)c1. The van der Waals surface area contributed by atoms with E-state index in [0.717, 1.165) is 12.0 Å². The molecule has 1 amide bonds. The predicted octanol–water partition coefficient (Wildman–Crippen LogP) is 6.39. The molecule has 0 radical (unpaired) electrons. The third-order valence-corrected chi connectivity index (χ3v) is 6.24. The molecule has 0 bridgehead atoms. The van der Waals surface area contributed by atoms with Crippen LogP contribution in [0.3, 0.4) is 0 Å². The number of hydrogen-bond acceptors (Lipinski definition) is 4. The lowest BCUT2D eigenvalue weighted by Crippen LogP contribution is -2.29. The summed E-state index contributed by atoms with van der Waals surface area (Å²) in [6.07, 6.45) is 0.910. The molecule has 0 spiro atoms. The van der Waals surface area contributed by atoms with E-state index in [2.05, 4.69) is 13.8 Å². The minimum absolute atomic E-state index is 0.0487. The van der Waals surface area contributed by atoms with Crippen molar-refractivity contribution in [3.63, 3.8) is 0 Å². The highest BCUT2D eigenvalue weighted by molar-refractivity contribution is 6.46. The van der Waals surface area contributed by atoms with Gasteiger partial charge in [0.25, 0.3) is 11.7 Å². The van der Waals surface area contributed by atoms with E-state index < -0.39 is 17.7 Å². The molecule has 1 saturated heterocycles. The maximum atomic E-state index is 13.2. The Hall–Kier alpha value is -3.57. The molecule has 1 unspecified atom stereocenters. The van der Waals surface area contributed by atoms with Crippen LogP contribution >= 0.6 is 11.6 Å². The van der Waals surface area contributed by atoms with Crippen LogP contribution in [0.4, 0.5) is 0 Å². The molecule has 3 aromatic carbocycles. The van der Waals surface area contributed by atoms with Gasteiger partial charge in [0.2, 0.25) is 0 Å². The molecule has 4 rings (SSSR count).